The number of rotatable bonds is 0. The largest absolute Gasteiger partial charge is 0.369 e. The van der Waals surface area contributed by atoms with Crippen LogP contribution in [0.3, 0.4) is 0 Å². The Balaban J connectivity index is 0. The van der Waals surface area contributed by atoms with Gasteiger partial charge in [0.1, 0.15) is 6.79 Å². The first-order valence-electron chi connectivity index (χ1n) is 1.54. The topological polar surface area (TPSA) is 105 Å². The van der Waals surface area contributed by atoms with Crippen molar-refractivity contribution in [1.29, 1.82) is 5.26 Å². The Labute approximate surface area is 46.6 Å². The van der Waals surface area contributed by atoms with Crippen molar-refractivity contribution in [3.8, 4) is 6.19 Å². The number of hydrogen-bond acceptors (Lipinski definition) is 3. The van der Waals surface area contributed by atoms with Crippen LogP contribution >= 0.6 is 0 Å². The van der Waals surface area contributed by atoms with Crippen molar-refractivity contribution in [3.63, 3.8) is 0 Å². The van der Waals surface area contributed by atoms with Gasteiger partial charge in [0.05, 0.1) is 0 Å². The molecule has 5 nitrogen and oxygen atoms in total. The molecule has 44 valence electrons. The number of guanidine groups is 1. The molecule has 0 unspecified atom stereocenters. The Morgan fingerprint density at radius 1 is 1.62 bits per heavy atom. The molecule has 4 N–H and O–H groups in total. The van der Waals surface area contributed by atoms with E-state index in [9.17, 15) is 0 Å². The molecule has 0 aliphatic rings. The van der Waals surface area contributed by atoms with E-state index in [1.807, 2.05) is 6.79 Å². The average molecular weight is 114 g/mol. The first-order chi connectivity index (χ1) is 3.77. The minimum Gasteiger partial charge on any atom is -0.369 e. The molecule has 0 aromatic rings. The van der Waals surface area contributed by atoms with E-state index in [-0.39, 0.29) is 5.96 Å². The SMILES string of the molecule is C=O.N#CN=C(N)N. The van der Waals surface area contributed by atoms with Gasteiger partial charge < -0.3 is 16.3 Å². The molecule has 0 aromatic heterocycles. The van der Waals surface area contributed by atoms with Gasteiger partial charge in [-0.25, -0.2) is 0 Å². The highest BCUT2D eigenvalue weighted by Crippen LogP contribution is 1.49. The van der Waals surface area contributed by atoms with E-state index >= 15 is 0 Å². The lowest BCUT2D eigenvalue weighted by atomic mass is 11.1. The van der Waals surface area contributed by atoms with Crippen molar-refractivity contribution in [2.45, 2.75) is 0 Å². The second-order valence-electron chi connectivity index (χ2n) is 0.637. The molecule has 0 rings (SSSR count). The normalized spacial score (nSPS) is 4.88. The van der Waals surface area contributed by atoms with Crippen molar-refractivity contribution in [2.75, 3.05) is 0 Å². The van der Waals surface area contributed by atoms with E-state index in [0.717, 1.165) is 0 Å². The zero-order valence-electron chi connectivity index (χ0n) is 4.16. The predicted molar refractivity (Wildman–Crippen MR) is 28.5 cm³/mol. The van der Waals surface area contributed by atoms with Crippen LogP contribution in [0.4, 0.5) is 0 Å². The van der Waals surface area contributed by atoms with Gasteiger partial charge in [0.2, 0.25) is 12.2 Å². The summed E-state index contributed by atoms with van der Waals surface area (Å²) in [5.41, 5.74) is 9.42. The smallest absolute Gasteiger partial charge is 0.209 e. The van der Waals surface area contributed by atoms with E-state index in [4.69, 9.17) is 21.5 Å². The van der Waals surface area contributed by atoms with E-state index < -0.39 is 0 Å². The summed E-state index contributed by atoms with van der Waals surface area (Å²) in [4.78, 5) is 10.9. The van der Waals surface area contributed by atoms with E-state index in [1.165, 1.54) is 6.19 Å². The molecule has 5 heteroatoms. The minimum atomic E-state index is -0.197. The zero-order chi connectivity index (χ0) is 6.99. The summed E-state index contributed by atoms with van der Waals surface area (Å²) in [5, 5.41) is 7.64. The summed E-state index contributed by atoms with van der Waals surface area (Å²) in [6.45, 7) is 2.00. The molecule has 0 saturated heterocycles. The molecule has 0 aliphatic carbocycles. The van der Waals surface area contributed by atoms with Gasteiger partial charge >= 0.3 is 0 Å². The first-order valence-corrected chi connectivity index (χ1v) is 1.54. The number of aliphatic imine (C=N–C) groups is 1. The van der Waals surface area contributed by atoms with Gasteiger partial charge in [-0.2, -0.15) is 5.26 Å². The van der Waals surface area contributed by atoms with Crippen LogP contribution in [-0.4, -0.2) is 12.7 Å². The van der Waals surface area contributed by atoms with Crippen molar-refractivity contribution in [3.05, 3.63) is 0 Å². The van der Waals surface area contributed by atoms with E-state index in [2.05, 4.69) is 4.99 Å². The summed E-state index contributed by atoms with van der Waals surface area (Å²) in [7, 11) is 0. The number of carbonyl (C=O) groups is 1. The molecule has 0 bridgehead atoms. The maximum atomic E-state index is 8.00. The second-order valence-corrected chi connectivity index (χ2v) is 0.637. The Bertz CT molecular complexity index is 109. The monoisotopic (exact) mass is 114 g/mol. The fourth-order valence-corrected chi connectivity index (χ4v) is 0.0577. The number of nitrogens with two attached hydrogens (primary N) is 2. The third-order valence-electron chi connectivity index (χ3n) is 0.179. The average Bonchev–Trinajstić information content (AvgIpc) is 1.72. The van der Waals surface area contributed by atoms with Crippen molar-refractivity contribution < 1.29 is 4.79 Å². The Morgan fingerprint density at radius 2 is 2.00 bits per heavy atom. The fourth-order valence-electron chi connectivity index (χ4n) is 0.0577. The number of nitrogens with zero attached hydrogens (tertiary/aromatic N) is 2. The van der Waals surface area contributed by atoms with Crippen LogP contribution in [0.1, 0.15) is 0 Å². The van der Waals surface area contributed by atoms with Crippen molar-refractivity contribution in [1.82, 2.24) is 0 Å². The number of carbonyl (C=O) groups excluding carboxylic acids is 1. The standard InChI is InChI=1S/C2H4N4.CH2O/c3-1-6-2(4)5;1-2/h(H4,4,5,6);1H2. The van der Waals surface area contributed by atoms with Gasteiger partial charge in [-0.1, -0.05) is 0 Å². The maximum absolute atomic E-state index is 8.00. The van der Waals surface area contributed by atoms with E-state index in [1.54, 1.807) is 0 Å². The highest BCUT2D eigenvalue weighted by atomic mass is 16.1. The number of hydrogen-bond donors (Lipinski definition) is 2. The summed E-state index contributed by atoms with van der Waals surface area (Å²) in [6, 6.07) is 0. The summed E-state index contributed by atoms with van der Waals surface area (Å²) in [6.07, 6.45) is 1.41. The minimum absolute atomic E-state index is 0.197. The lowest BCUT2D eigenvalue weighted by Gasteiger charge is -1.74. The molecule has 0 aromatic carbocycles. The molecule has 8 heavy (non-hydrogen) atoms. The van der Waals surface area contributed by atoms with Crippen LogP contribution in [0.25, 0.3) is 0 Å². The zero-order valence-corrected chi connectivity index (χ0v) is 4.16. The Morgan fingerprint density at radius 3 is 2.00 bits per heavy atom. The predicted octanol–water partition coefficient (Wildman–Crippen LogP) is -1.44. The lowest BCUT2D eigenvalue weighted by molar-refractivity contribution is -0.0979. The molecular weight excluding hydrogens is 108 g/mol. The Kier molecular flexibility index (Phi) is 10.9. The van der Waals surface area contributed by atoms with Crippen LogP contribution in [0.15, 0.2) is 4.99 Å². The summed E-state index contributed by atoms with van der Waals surface area (Å²) < 4.78 is 0. The molecule has 0 amide bonds. The number of nitriles is 1. The maximum Gasteiger partial charge on any atom is 0.209 e. The first kappa shape index (κ1) is 9.66. The van der Waals surface area contributed by atoms with Gasteiger partial charge in [0, 0.05) is 0 Å². The molecular formula is C3H6N4O. The van der Waals surface area contributed by atoms with Crippen LogP contribution in [0.2, 0.25) is 0 Å². The summed E-state index contributed by atoms with van der Waals surface area (Å²) >= 11 is 0. The quantitative estimate of drug-likeness (QED) is 0.228. The third kappa shape index (κ3) is 25.5. The molecule has 0 saturated carbocycles. The van der Waals surface area contributed by atoms with Gasteiger partial charge in [-0.05, 0) is 0 Å². The van der Waals surface area contributed by atoms with Crippen LogP contribution < -0.4 is 11.5 Å². The Hall–Kier alpha value is -1.57. The van der Waals surface area contributed by atoms with Gasteiger partial charge in [-0.15, -0.1) is 4.99 Å². The summed E-state index contributed by atoms with van der Waals surface area (Å²) in [5.74, 6) is -0.197. The molecule has 0 radical (unpaired) electrons. The van der Waals surface area contributed by atoms with Crippen LogP contribution in [-0.2, 0) is 4.79 Å². The van der Waals surface area contributed by atoms with Crippen molar-refractivity contribution in [2.24, 2.45) is 16.5 Å². The molecule has 0 aliphatic heterocycles. The molecule has 0 fully saturated rings. The van der Waals surface area contributed by atoms with Gasteiger partial charge in [0.25, 0.3) is 0 Å². The van der Waals surface area contributed by atoms with Crippen molar-refractivity contribution >= 4 is 12.7 Å². The van der Waals surface area contributed by atoms with E-state index in [0.29, 0.717) is 0 Å². The fraction of sp³-hybridized carbons (Fsp3) is 0. The highest BCUT2D eigenvalue weighted by molar-refractivity contribution is 5.76. The lowest BCUT2D eigenvalue weighted by Crippen LogP contribution is -2.21. The van der Waals surface area contributed by atoms with Crippen LogP contribution in [0, 0.1) is 11.5 Å². The third-order valence-corrected chi connectivity index (χ3v) is 0.179. The second kappa shape index (κ2) is 9.06. The molecule has 0 heterocycles. The van der Waals surface area contributed by atoms with Crippen LogP contribution in [0.5, 0.6) is 0 Å². The van der Waals surface area contributed by atoms with Gasteiger partial charge in [-0.3, -0.25) is 0 Å². The molecule has 0 spiro atoms. The van der Waals surface area contributed by atoms with Gasteiger partial charge in [0.15, 0.2) is 0 Å². The highest BCUT2D eigenvalue weighted by Gasteiger charge is 1.67. The molecule has 0 atom stereocenters.